The highest BCUT2D eigenvalue weighted by Gasteiger charge is 2.59. The highest BCUT2D eigenvalue weighted by molar-refractivity contribution is 6.56. The summed E-state index contributed by atoms with van der Waals surface area (Å²) < 4.78 is -0.998. The van der Waals surface area contributed by atoms with Gasteiger partial charge in [0.15, 0.2) is 4.33 Å². The number of rotatable bonds is 0. The summed E-state index contributed by atoms with van der Waals surface area (Å²) in [4.78, 5) is 11.3. The van der Waals surface area contributed by atoms with Crippen molar-refractivity contribution in [3.8, 4) is 0 Å². The molecule has 2 aliphatic carbocycles. The average molecular weight is 226 g/mol. The molecule has 12 heavy (non-hydrogen) atoms. The molecule has 0 spiro atoms. The summed E-state index contributed by atoms with van der Waals surface area (Å²) in [5.41, 5.74) is 0.807. The molecule has 0 amide bonds. The number of carbonyl (C=O) groups excluding carboxylic acids is 1. The first-order valence-corrected chi connectivity index (χ1v) is 4.99. The Hall–Kier alpha value is 0.280. The van der Waals surface area contributed by atoms with Crippen LogP contribution in [-0.2, 0) is 4.79 Å². The second-order valence-corrected chi connectivity index (χ2v) is 5.02. The maximum Gasteiger partial charge on any atom is 0.157 e. The van der Waals surface area contributed by atoms with E-state index in [2.05, 4.69) is 0 Å². The average Bonchev–Trinajstić information content (AvgIpc) is 2.03. The number of allylic oxidation sites excluding steroid dienone is 2. The van der Waals surface area contributed by atoms with Crippen molar-refractivity contribution in [1.29, 1.82) is 0 Å². The largest absolute Gasteiger partial charge is 0.299 e. The Balaban J connectivity index is 2.34. The summed E-state index contributed by atoms with van der Waals surface area (Å²) in [5.74, 6) is -0.0418. The molecule has 0 radical (unpaired) electrons. The lowest BCUT2D eigenvalue weighted by Crippen LogP contribution is -2.54. The second-order valence-electron chi connectivity index (χ2n) is 3.17. The summed E-state index contributed by atoms with van der Waals surface area (Å²) in [5, 5.41) is -0.445. The quantitative estimate of drug-likeness (QED) is 0.458. The highest BCUT2D eigenvalue weighted by Crippen LogP contribution is 2.56. The third kappa shape index (κ3) is 0.966. The fraction of sp³-hybridized carbons (Fsp3) is 0.625. The van der Waals surface area contributed by atoms with Crippen molar-refractivity contribution in [1.82, 2.24) is 0 Å². The van der Waals surface area contributed by atoms with Crippen LogP contribution in [0.3, 0.4) is 0 Å². The van der Waals surface area contributed by atoms with Crippen molar-refractivity contribution < 1.29 is 4.79 Å². The molecule has 0 N–H and O–H groups in total. The van der Waals surface area contributed by atoms with E-state index in [1.54, 1.807) is 0 Å². The van der Waals surface area contributed by atoms with Crippen LogP contribution in [0.2, 0.25) is 0 Å². The number of alkyl halides is 3. The molecule has 1 fully saturated rings. The van der Waals surface area contributed by atoms with Crippen LogP contribution in [0.1, 0.15) is 12.8 Å². The van der Waals surface area contributed by atoms with Crippen molar-refractivity contribution in [2.45, 2.75) is 22.6 Å². The summed E-state index contributed by atoms with van der Waals surface area (Å²) in [6.07, 6.45) is 3.25. The molecule has 0 saturated heterocycles. The molecule has 2 aliphatic rings. The van der Waals surface area contributed by atoms with Gasteiger partial charge in [-0.05, 0) is 12.0 Å². The van der Waals surface area contributed by atoms with E-state index in [0.717, 1.165) is 12.0 Å². The molecular weight excluding hydrogens is 218 g/mol. The van der Waals surface area contributed by atoms with Gasteiger partial charge in [0.05, 0.1) is 11.3 Å². The van der Waals surface area contributed by atoms with Crippen LogP contribution >= 0.6 is 34.8 Å². The summed E-state index contributed by atoms with van der Waals surface area (Å²) in [7, 11) is 0. The van der Waals surface area contributed by atoms with Crippen molar-refractivity contribution >= 4 is 40.6 Å². The predicted octanol–water partition coefficient (Wildman–Crippen LogP) is 2.69. The Kier molecular flexibility index (Phi) is 1.94. The van der Waals surface area contributed by atoms with Gasteiger partial charge in [0.2, 0.25) is 0 Å². The van der Waals surface area contributed by atoms with E-state index < -0.39 is 9.71 Å². The third-order valence-corrected chi connectivity index (χ3v) is 4.17. The minimum Gasteiger partial charge on any atom is -0.299 e. The van der Waals surface area contributed by atoms with E-state index in [0.29, 0.717) is 6.42 Å². The summed E-state index contributed by atoms with van der Waals surface area (Å²) >= 11 is 17.7. The molecule has 1 saturated carbocycles. The van der Waals surface area contributed by atoms with Gasteiger partial charge in [0, 0.05) is 6.42 Å². The first kappa shape index (κ1) is 8.86. The molecule has 2 rings (SSSR count). The lowest BCUT2D eigenvalue weighted by molar-refractivity contribution is -0.123. The molecule has 0 aromatic carbocycles. The third-order valence-electron chi connectivity index (χ3n) is 2.46. The Morgan fingerprint density at radius 2 is 2.17 bits per heavy atom. The zero-order valence-corrected chi connectivity index (χ0v) is 8.46. The standard InChI is InChI=1S/C8H7Cl3O/c9-7-6-4(8(7,10)11)2-1-3-5(6)12/h2,6-7H,1,3H2. The SMILES string of the molecule is O=C1CCC=C2C1C(Cl)C2(Cl)Cl. The van der Waals surface area contributed by atoms with Crippen LogP contribution < -0.4 is 0 Å². The summed E-state index contributed by atoms with van der Waals surface area (Å²) in [6.45, 7) is 0. The maximum atomic E-state index is 11.3. The van der Waals surface area contributed by atoms with E-state index in [9.17, 15) is 4.79 Å². The van der Waals surface area contributed by atoms with E-state index >= 15 is 0 Å². The van der Waals surface area contributed by atoms with Crippen molar-refractivity contribution in [3.05, 3.63) is 11.6 Å². The number of ketones is 1. The zero-order chi connectivity index (χ0) is 8.93. The molecular formula is C8H7Cl3O. The molecule has 2 atom stereocenters. The van der Waals surface area contributed by atoms with Crippen LogP contribution in [0.15, 0.2) is 11.6 Å². The van der Waals surface area contributed by atoms with Crippen molar-refractivity contribution in [2.75, 3.05) is 0 Å². The maximum absolute atomic E-state index is 11.3. The Morgan fingerprint density at radius 3 is 2.75 bits per heavy atom. The topological polar surface area (TPSA) is 17.1 Å². The second kappa shape index (κ2) is 2.63. The minimum atomic E-state index is -0.998. The van der Waals surface area contributed by atoms with Crippen LogP contribution in [-0.4, -0.2) is 15.5 Å². The molecule has 4 heteroatoms. The fourth-order valence-corrected chi connectivity index (χ4v) is 2.81. The molecule has 66 valence electrons. The number of hydrogen-bond donors (Lipinski definition) is 0. The van der Waals surface area contributed by atoms with Gasteiger partial charge in [-0.2, -0.15) is 0 Å². The Bertz CT molecular complexity index is 269. The van der Waals surface area contributed by atoms with Gasteiger partial charge in [-0.15, -0.1) is 11.6 Å². The number of fused-ring (bicyclic) bond motifs is 1. The van der Waals surface area contributed by atoms with Crippen molar-refractivity contribution in [2.24, 2.45) is 5.92 Å². The highest BCUT2D eigenvalue weighted by atomic mass is 35.5. The van der Waals surface area contributed by atoms with Crippen LogP contribution in [0.5, 0.6) is 0 Å². The number of Topliss-reactive ketones (excluding diaryl/α,β-unsaturated/α-hetero) is 1. The lowest BCUT2D eigenvalue weighted by Gasteiger charge is -2.47. The number of hydrogen-bond acceptors (Lipinski definition) is 1. The molecule has 0 heterocycles. The molecule has 0 aromatic heterocycles. The molecule has 0 aromatic rings. The first-order valence-electron chi connectivity index (χ1n) is 3.80. The zero-order valence-electron chi connectivity index (χ0n) is 6.19. The van der Waals surface area contributed by atoms with E-state index in [1.807, 2.05) is 6.08 Å². The van der Waals surface area contributed by atoms with Crippen LogP contribution in [0.25, 0.3) is 0 Å². The van der Waals surface area contributed by atoms with E-state index in [1.165, 1.54) is 0 Å². The van der Waals surface area contributed by atoms with Crippen LogP contribution in [0, 0.1) is 5.92 Å². The predicted molar refractivity (Wildman–Crippen MR) is 49.9 cm³/mol. The van der Waals surface area contributed by atoms with E-state index in [-0.39, 0.29) is 11.7 Å². The molecule has 0 bridgehead atoms. The van der Waals surface area contributed by atoms with Gasteiger partial charge < -0.3 is 0 Å². The van der Waals surface area contributed by atoms with Crippen LogP contribution in [0.4, 0.5) is 0 Å². The normalized spacial score (nSPS) is 38.2. The monoisotopic (exact) mass is 224 g/mol. The van der Waals surface area contributed by atoms with Gasteiger partial charge in [-0.3, -0.25) is 4.79 Å². The summed E-state index contributed by atoms with van der Waals surface area (Å²) in [6, 6.07) is 0. The molecule has 0 aliphatic heterocycles. The van der Waals surface area contributed by atoms with Gasteiger partial charge in [0.1, 0.15) is 5.78 Å². The molecule has 2 unspecified atom stereocenters. The van der Waals surface area contributed by atoms with Gasteiger partial charge in [-0.1, -0.05) is 29.3 Å². The van der Waals surface area contributed by atoms with Crippen molar-refractivity contribution in [3.63, 3.8) is 0 Å². The number of halogens is 3. The number of carbonyl (C=O) groups is 1. The molecule has 1 nitrogen and oxygen atoms in total. The smallest absolute Gasteiger partial charge is 0.157 e. The lowest BCUT2D eigenvalue weighted by atomic mass is 9.70. The Morgan fingerprint density at radius 1 is 1.50 bits per heavy atom. The minimum absolute atomic E-state index is 0.171. The van der Waals surface area contributed by atoms with Gasteiger partial charge in [-0.25, -0.2) is 0 Å². The van der Waals surface area contributed by atoms with Gasteiger partial charge in [0.25, 0.3) is 0 Å². The Labute approximate surface area is 85.7 Å². The van der Waals surface area contributed by atoms with Gasteiger partial charge >= 0.3 is 0 Å². The van der Waals surface area contributed by atoms with E-state index in [4.69, 9.17) is 34.8 Å². The first-order chi connectivity index (χ1) is 5.55. The fourth-order valence-electron chi connectivity index (χ4n) is 1.76.